The van der Waals surface area contributed by atoms with Crippen LogP contribution in [0.4, 0.5) is 0 Å². The van der Waals surface area contributed by atoms with Gasteiger partial charge in [-0.3, -0.25) is 9.89 Å². The number of carbonyl (C=O) groups is 2. The number of halogens is 1. The van der Waals surface area contributed by atoms with E-state index in [9.17, 15) is 14.7 Å². The standard InChI is InChI=1S/C16H16ClN3O3/c17-11-4-2-1-3-10(11)12-8-13(20-19-12)15(21)18-14(16(22)23)7-9-5-6-9/h1-4,8-9,14H,5-7H2,(H,18,21)(H,19,20)(H,22,23). The van der Waals surface area contributed by atoms with Gasteiger partial charge >= 0.3 is 5.97 Å². The van der Waals surface area contributed by atoms with Crippen molar-refractivity contribution in [2.45, 2.75) is 25.3 Å². The van der Waals surface area contributed by atoms with Crippen LogP contribution in [0.2, 0.25) is 5.02 Å². The zero-order valence-electron chi connectivity index (χ0n) is 12.3. The number of hydrogen-bond acceptors (Lipinski definition) is 3. The molecule has 1 fully saturated rings. The van der Waals surface area contributed by atoms with Gasteiger partial charge in [0.15, 0.2) is 0 Å². The van der Waals surface area contributed by atoms with E-state index in [0.717, 1.165) is 12.8 Å². The number of nitrogens with zero attached hydrogens (tertiary/aromatic N) is 1. The molecule has 1 aliphatic carbocycles. The highest BCUT2D eigenvalue weighted by Gasteiger charge is 2.30. The molecule has 3 rings (SSSR count). The first-order chi connectivity index (χ1) is 11.0. The third-order valence-corrected chi connectivity index (χ3v) is 4.17. The maximum absolute atomic E-state index is 12.2. The van der Waals surface area contributed by atoms with Crippen molar-refractivity contribution >= 4 is 23.5 Å². The highest BCUT2D eigenvalue weighted by atomic mass is 35.5. The fourth-order valence-electron chi connectivity index (χ4n) is 2.39. The van der Waals surface area contributed by atoms with Gasteiger partial charge in [-0.05, 0) is 24.5 Å². The predicted molar refractivity (Wildman–Crippen MR) is 85.3 cm³/mol. The van der Waals surface area contributed by atoms with Gasteiger partial charge in [-0.1, -0.05) is 42.6 Å². The number of carboxylic acids is 1. The quantitative estimate of drug-likeness (QED) is 0.757. The van der Waals surface area contributed by atoms with Gasteiger partial charge < -0.3 is 10.4 Å². The molecule has 0 radical (unpaired) electrons. The number of H-pyrrole nitrogens is 1. The Hall–Kier alpha value is -2.34. The van der Waals surface area contributed by atoms with E-state index in [1.807, 2.05) is 6.07 Å². The highest BCUT2D eigenvalue weighted by molar-refractivity contribution is 6.33. The van der Waals surface area contributed by atoms with Crippen LogP contribution in [0.5, 0.6) is 0 Å². The summed E-state index contributed by atoms with van der Waals surface area (Å²) in [7, 11) is 0. The van der Waals surface area contributed by atoms with Gasteiger partial charge in [-0.2, -0.15) is 5.10 Å². The monoisotopic (exact) mass is 333 g/mol. The minimum Gasteiger partial charge on any atom is -0.480 e. The van der Waals surface area contributed by atoms with Crippen LogP contribution in [0.25, 0.3) is 11.3 Å². The van der Waals surface area contributed by atoms with Gasteiger partial charge in [0.1, 0.15) is 11.7 Å². The summed E-state index contributed by atoms with van der Waals surface area (Å²) in [6.45, 7) is 0. The Balaban J connectivity index is 1.73. The molecule has 3 N–H and O–H groups in total. The highest BCUT2D eigenvalue weighted by Crippen LogP contribution is 2.33. The molecule has 1 aliphatic rings. The molecule has 0 saturated heterocycles. The Bertz CT molecular complexity index is 740. The van der Waals surface area contributed by atoms with Crippen LogP contribution in [-0.4, -0.2) is 33.2 Å². The molecule has 6 nitrogen and oxygen atoms in total. The molecule has 1 aromatic heterocycles. The number of aromatic amines is 1. The molecule has 0 aliphatic heterocycles. The second-order valence-electron chi connectivity index (χ2n) is 5.69. The molecular weight excluding hydrogens is 318 g/mol. The van der Waals surface area contributed by atoms with Gasteiger partial charge in [-0.15, -0.1) is 0 Å². The molecule has 120 valence electrons. The Labute approximate surface area is 137 Å². The zero-order valence-corrected chi connectivity index (χ0v) is 13.0. The summed E-state index contributed by atoms with van der Waals surface area (Å²) in [6, 6.07) is 7.86. The Morgan fingerprint density at radius 1 is 1.39 bits per heavy atom. The minimum atomic E-state index is -1.02. The number of carboxylic acid groups (broad SMARTS) is 1. The summed E-state index contributed by atoms with van der Waals surface area (Å²) in [5.41, 5.74) is 1.45. The van der Waals surface area contributed by atoms with Crippen LogP contribution in [0, 0.1) is 5.92 Å². The van der Waals surface area contributed by atoms with E-state index >= 15 is 0 Å². The molecular formula is C16H16ClN3O3. The third-order valence-electron chi connectivity index (χ3n) is 3.84. The fourth-order valence-corrected chi connectivity index (χ4v) is 2.62. The van der Waals surface area contributed by atoms with Crippen molar-refractivity contribution in [1.82, 2.24) is 15.5 Å². The lowest BCUT2D eigenvalue weighted by Crippen LogP contribution is -2.41. The van der Waals surface area contributed by atoms with Crippen molar-refractivity contribution < 1.29 is 14.7 Å². The second-order valence-corrected chi connectivity index (χ2v) is 6.10. The maximum Gasteiger partial charge on any atom is 0.326 e. The fraction of sp³-hybridized carbons (Fsp3) is 0.312. The Kier molecular flexibility index (Phi) is 4.34. The van der Waals surface area contributed by atoms with Crippen LogP contribution in [0.3, 0.4) is 0 Å². The predicted octanol–water partition coefficient (Wildman–Crippen LogP) is 2.71. The number of aromatic nitrogens is 2. The number of nitrogens with one attached hydrogen (secondary N) is 2. The average Bonchev–Trinajstić information content (AvgIpc) is 3.20. The number of rotatable bonds is 6. The molecule has 2 aromatic rings. The minimum absolute atomic E-state index is 0.210. The van der Waals surface area contributed by atoms with Crippen LogP contribution in [0.15, 0.2) is 30.3 Å². The molecule has 1 unspecified atom stereocenters. The Morgan fingerprint density at radius 3 is 2.78 bits per heavy atom. The van der Waals surface area contributed by atoms with Crippen molar-refractivity contribution in [3.8, 4) is 11.3 Å². The molecule has 1 heterocycles. The first-order valence-electron chi connectivity index (χ1n) is 7.38. The topological polar surface area (TPSA) is 95.1 Å². The van der Waals surface area contributed by atoms with Crippen molar-refractivity contribution in [3.05, 3.63) is 41.0 Å². The summed E-state index contributed by atoms with van der Waals surface area (Å²) in [5, 5.41) is 19.0. The summed E-state index contributed by atoms with van der Waals surface area (Å²) < 4.78 is 0. The number of benzene rings is 1. The molecule has 7 heteroatoms. The average molecular weight is 334 g/mol. The van der Waals surface area contributed by atoms with Crippen molar-refractivity contribution in [1.29, 1.82) is 0 Å². The van der Waals surface area contributed by atoms with Gasteiger partial charge in [0.2, 0.25) is 0 Å². The lowest BCUT2D eigenvalue weighted by atomic mass is 10.1. The van der Waals surface area contributed by atoms with Crippen LogP contribution >= 0.6 is 11.6 Å². The van der Waals surface area contributed by atoms with E-state index in [2.05, 4.69) is 15.5 Å². The van der Waals surface area contributed by atoms with E-state index in [0.29, 0.717) is 28.6 Å². The molecule has 1 atom stereocenters. The molecule has 1 saturated carbocycles. The molecule has 1 amide bonds. The zero-order chi connectivity index (χ0) is 16.4. The smallest absolute Gasteiger partial charge is 0.326 e. The van der Waals surface area contributed by atoms with Crippen molar-refractivity contribution in [2.75, 3.05) is 0 Å². The number of amides is 1. The first-order valence-corrected chi connectivity index (χ1v) is 7.76. The van der Waals surface area contributed by atoms with Crippen LogP contribution in [0.1, 0.15) is 29.8 Å². The largest absolute Gasteiger partial charge is 0.480 e. The van der Waals surface area contributed by atoms with Crippen LogP contribution in [-0.2, 0) is 4.79 Å². The van der Waals surface area contributed by atoms with E-state index < -0.39 is 17.9 Å². The van der Waals surface area contributed by atoms with E-state index in [4.69, 9.17) is 11.6 Å². The normalized spacial score (nSPS) is 15.2. The summed E-state index contributed by atoms with van der Waals surface area (Å²) in [6.07, 6.45) is 2.52. The van der Waals surface area contributed by atoms with Crippen LogP contribution < -0.4 is 5.32 Å². The van der Waals surface area contributed by atoms with Gasteiger partial charge in [0.25, 0.3) is 5.91 Å². The van der Waals surface area contributed by atoms with Crippen molar-refractivity contribution in [2.24, 2.45) is 5.92 Å². The molecule has 23 heavy (non-hydrogen) atoms. The number of aliphatic carboxylic acids is 1. The van der Waals surface area contributed by atoms with E-state index in [-0.39, 0.29) is 5.69 Å². The number of hydrogen-bond donors (Lipinski definition) is 3. The lowest BCUT2D eigenvalue weighted by molar-refractivity contribution is -0.139. The van der Waals surface area contributed by atoms with Gasteiger partial charge in [0.05, 0.1) is 10.7 Å². The maximum atomic E-state index is 12.2. The van der Waals surface area contributed by atoms with Gasteiger partial charge in [-0.25, -0.2) is 4.79 Å². The summed E-state index contributed by atoms with van der Waals surface area (Å²) in [5.74, 6) is -1.10. The summed E-state index contributed by atoms with van der Waals surface area (Å²) >= 11 is 6.11. The third kappa shape index (κ3) is 3.71. The Morgan fingerprint density at radius 2 is 2.13 bits per heavy atom. The SMILES string of the molecule is O=C(NC(CC1CC1)C(=O)O)c1cc(-c2ccccc2Cl)n[nH]1. The molecule has 0 bridgehead atoms. The van der Waals surface area contributed by atoms with Gasteiger partial charge in [0, 0.05) is 5.56 Å². The molecule has 1 aromatic carbocycles. The summed E-state index contributed by atoms with van der Waals surface area (Å²) in [4.78, 5) is 23.5. The van der Waals surface area contributed by atoms with E-state index in [1.165, 1.54) is 0 Å². The second kappa shape index (κ2) is 6.42. The molecule has 0 spiro atoms. The first kappa shape index (κ1) is 15.6. The number of carbonyl (C=O) groups excluding carboxylic acids is 1. The lowest BCUT2D eigenvalue weighted by Gasteiger charge is -2.13. The van der Waals surface area contributed by atoms with Crippen molar-refractivity contribution in [3.63, 3.8) is 0 Å². The van der Waals surface area contributed by atoms with E-state index in [1.54, 1.807) is 24.3 Å².